The van der Waals surface area contributed by atoms with Crippen molar-refractivity contribution in [1.29, 1.82) is 0 Å². The summed E-state index contributed by atoms with van der Waals surface area (Å²) in [6, 6.07) is 5.47. The Morgan fingerprint density at radius 3 is 2.81 bits per heavy atom. The van der Waals surface area contributed by atoms with Crippen LogP contribution in [0.3, 0.4) is 0 Å². The van der Waals surface area contributed by atoms with Crippen molar-refractivity contribution in [2.24, 2.45) is 0 Å². The first-order chi connectivity index (χ1) is 9.88. The van der Waals surface area contributed by atoms with Crippen LogP contribution in [0, 0.1) is 5.82 Å². The molecule has 0 saturated heterocycles. The molecule has 3 N–H and O–H groups in total. The fourth-order valence-corrected chi connectivity index (χ4v) is 2.91. The van der Waals surface area contributed by atoms with Crippen molar-refractivity contribution in [3.63, 3.8) is 0 Å². The van der Waals surface area contributed by atoms with E-state index in [4.69, 9.17) is 0 Å². The van der Waals surface area contributed by atoms with E-state index in [2.05, 4.69) is 20.2 Å². The van der Waals surface area contributed by atoms with E-state index in [9.17, 15) is 12.8 Å². The van der Waals surface area contributed by atoms with Crippen molar-refractivity contribution in [1.82, 2.24) is 15.5 Å². The van der Waals surface area contributed by atoms with Crippen LogP contribution >= 0.6 is 0 Å². The summed E-state index contributed by atoms with van der Waals surface area (Å²) in [7, 11) is -3.84. The van der Waals surface area contributed by atoms with Gasteiger partial charge in [-0.2, -0.15) is 13.5 Å². The molecule has 1 aromatic carbocycles. The highest BCUT2D eigenvalue weighted by molar-refractivity contribution is 7.92. The topological polar surface area (TPSA) is 86.9 Å². The molecule has 0 aliphatic heterocycles. The van der Waals surface area contributed by atoms with Gasteiger partial charge in [-0.3, -0.25) is 9.82 Å². The van der Waals surface area contributed by atoms with Crippen molar-refractivity contribution in [3.05, 3.63) is 41.8 Å². The molecule has 0 spiro atoms. The summed E-state index contributed by atoms with van der Waals surface area (Å²) in [5, 5.41) is 9.33. The van der Waals surface area contributed by atoms with Gasteiger partial charge in [0.25, 0.3) is 10.0 Å². The summed E-state index contributed by atoms with van der Waals surface area (Å²) < 4.78 is 40.0. The average molecular weight is 312 g/mol. The molecule has 0 radical (unpaired) electrons. The summed E-state index contributed by atoms with van der Waals surface area (Å²) in [6.07, 6.45) is 1.45. The number of anilines is 1. The molecule has 1 aromatic heterocycles. The maximum Gasteiger partial charge on any atom is 0.279 e. The first-order valence-electron chi connectivity index (χ1n) is 6.42. The smallest absolute Gasteiger partial charge is 0.279 e. The van der Waals surface area contributed by atoms with Gasteiger partial charge in [0.1, 0.15) is 5.82 Å². The molecular formula is C13H17FN4O2S. The fourth-order valence-electron chi connectivity index (χ4n) is 1.73. The third-order valence-corrected chi connectivity index (χ3v) is 4.12. The van der Waals surface area contributed by atoms with Crippen molar-refractivity contribution in [2.75, 3.05) is 4.72 Å². The third kappa shape index (κ3) is 4.02. The number of hydrogen-bond acceptors (Lipinski definition) is 4. The van der Waals surface area contributed by atoms with Crippen molar-refractivity contribution in [2.45, 2.75) is 31.5 Å². The monoisotopic (exact) mass is 312 g/mol. The molecule has 0 aliphatic rings. The minimum Gasteiger partial charge on any atom is -0.310 e. The minimum atomic E-state index is -3.84. The highest BCUT2D eigenvalue weighted by Gasteiger charge is 2.21. The summed E-state index contributed by atoms with van der Waals surface area (Å²) >= 11 is 0. The van der Waals surface area contributed by atoms with E-state index in [-0.39, 0.29) is 16.8 Å². The maximum absolute atomic E-state index is 13.1. The highest BCUT2D eigenvalue weighted by atomic mass is 32.2. The molecule has 0 atom stereocenters. The number of benzene rings is 1. The van der Waals surface area contributed by atoms with Gasteiger partial charge in [0.15, 0.2) is 5.03 Å². The van der Waals surface area contributed by atoms with Crippen LogP contribution in [0.25, 0.3) is 0 Å². The van der Waals surface area contributed by atoms with E-state index in [1.54, 1.807) is 0 Å². The van der Waals surface area contributed by atoms with Crippen LogP contribution in [-0.4, -0.2) is 24.7 Å². The second-order valence-corrected chi connectivity index (χ2v) is 6.50. The zero-order chi connectivity index (χ0) is 15.5. The number of rotatable bonds is 6. The zero-order valence-corrected chi connectivity index (χ0v) is 12.5. The Kier molecular flexibility index (Phi) is 4.59. The molecule has 2 rings (SSSR count). The van der Waals surface area contributed by atoms with E-state index >= 15 is 0 Å². The predicted octanol–water partition coefficient (Wildman–Crippen LogP) is 1.85. The Balaban J connectivity index is 2.22. The van der Waals surface area contributed by atoms with Crippen LogP contribution in [-0.2, 0) is 16.6 Å². The van der Waals surface area contributed by atoms with Crippen LogP contribution in [0.4, 0.5) is 10.1 Å². The molecule has 0 unspecified atom stereocenters. The van der Waals surface area contributed by atoms with Gasteiger partial charge in [0.2, 0.25) is 0 Å². The fraction of sp³-hybridized carbons (Fsp3) is 0.308. The normalized spacial score (nSPS) is 11.8. The lowest BCUT2D eigenvalue weighted by molar-refractivity contribution is 0.574. The second kappa shape index (κ2) is 6.23. The largest absolute Gasteiger partial charge is 0.310 e. The first kappa shape index (κ1) is 15.5. The predicted molar refractivity (Wildman–Crippen MR) is 77.8 cm³/mol. The van der Waals surface area contributed by atoms with Gasteiger partial charge >= 0.3 is 0 Å². The molecular weight excluding hydrogens is 295 g/mol. The lowest BCUT2D eigenvalue weighted by Crippen LogP contribution is -2.23. The number of aromatic nitrogens is 2. The summed E-state index contributed by atoms with van der Waals surface area (Å²) in [5.74, 6) is -0.512. The van der Waals surface area contributed by atoms with Gasteiger partial charge in [-0.15, -0.1) is 0 Å². The van der Waals surface area contributed by atoms with E-state index in [1.807, 2.05) is 13.8 Å². The SMILES string of the molecule is CC(C)NCc1cn[nH]c1S(=O)(=O)Nc1cccc(F)c1. The van der Waals surface area contributed by atoms with Gasteiger partial charge in [0, 0.05) is 18.2 Å². The number of nitrogens with zero attached hydrogens (tertiary/aromatic N) is 1. The number of aromatic amines is 1. The lowest BCUT2D eigenvalue weighted by Gasteiger charge is -2.10. The standard InChI is InChI=1S/C13H17FN4O2S/c1-9(2)15-7-10-8-16-17-13(10)21(19,20)18-12-5-3-4-11(14)6-12/h3-6,8-9,15,18H,7H2,1-2H3,(H,16,17). The Bertz CT molecular complexity index is 712. The third-order valence-electron chi connectivity index (χ3n) is 2.72. The minimum absolute atomic E-state index is 0.0279. The number of sulfonamides is 1. The van der Waals surface area contributed by atoms with Crippen LogP contribution < -0.4 is 10.0 Å². The van der Waals surface area contributed by atoms with Crippen molar-refractivity contribution in [3.8, 4) is 0 Å². The summed E-state index contributed by atoms with van der Waals surface area (Å²) in [4.78, 5) is 0. The molecule has 0 saturated carbocycles. The van der Waals surface area contributed by atoms with Crippen molar-refractivity contribution < 1.29 is 12.8 Å². The van der Waals surface area contributed by atoms with E-state index < -0.39 is 15.8 Å². The Morgan fingerprint density at radius 2 is 2.14 bits per heavy atom. The molecule has 6 nitrogen and oxygen atoms in total. The van der Waals surface area contributed by atoms with Crippen LogP contribution in [0.2, 0.25) is 0 Å². The number of halogens is 1. The second-order valence-electron chi connectivity index (χ2n) is 4.88. The van der Waals surface area contributed by atoms with Crippen molar-refractivity contribution >= 4 is 15.7 Å². The molecule has 2 aromatic rings. The van der Waals surface area contributed by atoms with E-state index in [0.29, 0.717) is 12.1 Å². The Hall–Kier alpha value is -1.93. The molecule has 21 heavy (non-hydrogen) atoms. The van der Waals surface area contributed by atoms with Crippen LogP contribution in [0.1, 0.15) is 19.4 Å². The quantitative estimate of drug-likeness (QED) is 0.759. The van der Waals surface area contributed by atoms with Gasteiger partial charge in [-0.1, -0.05) is 19.9 Å². The van der Waals surface area contributed by atoms with Gasteiger partial charge in [0.05, 0.1) is 11.9 Å². The number of hydrogen-bond donors (Lipinski definition) is 3. The summed E-state index contributed by atoms with van der Waals surface area (Å²) in [6.45, 7) is 4.28. The molecule has 0 bridgehead atoms. The molecule has 1 heterocycles. The summed E-state index contributed by atoms with van der Waals surface area (Å²) in [5.41, 5.74) is 0.681. The first-order valence-corrected chi connectivity index (χ1v) is 7.91. The number of nitrogens with one attached hydrogen (secondary N) is 3. The van der Waals surface area contributed by atoms with E-state index in [1.165, 1.54) is 24.4 Å². The molecule has 0 amide bonds. The molecule has 8 heteroatoms. The average Bonchev–Trinajstić information content (AvgIpc) is 2.85. The number of H-pyrrole nitrogens is 1. The van der Waals surface area contributed by atoms with Gasteiger partial charge in [-0.25, -0.2) is 4.39 Å². The molecule has 114 valence electrons. The van der Waals surface area contributed by atoms with Crippen LogP contribution in [0.15, 0.2) is 35.5 Å². The lowest BCUT2D eigenvalue weighted by atomic mass is 10.3. The Labute approximate surface area is 122 Å². The van der Waals surface area contributed by atoms with E-state index in [0.717, 1.165) is 6.07 Å². The van der Waals surface area contributed by atoms with Gasteiger partial charge in [-0.05, 0) is 18.2 Å². The zero-order valence-electron chi connectivity index (χ0n) is 11.7. The maximum atomic E-state index is 13.1. The van der Waals surface area contributed by atoms with Gasteiger partial charge < -0.3 is 5.32 Å². The molecule has 0 aliphatic carbocycles. The molecule has 0 fully saturated rings. The highest BCUT2D eigenvalue weighted by Crippen LogP contribution is 2.18. The van der Waals surface area contributed by atoms with Crippen LogP contribution in [0.5, 0.6) is 0 Å². The Morgan fingerprint density at radius 1 is 1.38 bits per heavy atom.